The first-order valence-corrected chi connectivity index (χ1v) is 9.01. The molecule has 7 nitrogen and oxygen atoms in total. The molecule has 2 aliphatic heterocycles. The van der Waals surface area contributed by atoms with Crippen LogP contribution in [0.5, 0.6) is 0 Å². The molecule has 0 saturated carbocycles. The first-order valence-electron chi connectivity index (χ1n) is 9.01. The lowest BCUT2D eigenvalue weighted by Crippen LogP contribution is -2.46. The van der Waals surface area contributed by atoms with Crippen molar-refractivity contribution < 1.29 is 14.6 Å². The van der Waals surface area contributed by atoms with Crippen LogP contribution >= 0.6 is 0 Å². The quantitative estimate of drug-likeness (QED) is 0.790. The van der Waals surface area contributed by atoms with Gasteiger partial charge in [0.2, 0.25) is 0 Å². The van der Waals surface area contributed by atoms with E-state index in [4.69, 9.17) is 9.84 Å². The number of ether oxygens (including phenoxy) is 1. The molecule has 0 unspecified atom stereocenters. The number of aryl methyl sites for hydroxylation is 1. The number of amides is 1. The predicted molar refractivity (Wildman–Crippen MR) is 93.8 cm³/mol. The number of fused-ring (bicyclic) bond motifs is 1. The molecule has 0 spiro atoms. The van der Waals surface area contributed by atoms with Crippen LogP contribution in [0.15, 0.2) is 16.9 Å². The fourth-order valence-electron chi connectivity index (χ4n) is 3.87. The SMILES string of the molecule is CCn1c(C)ccc(C(=O)N[C@H]2C[C@H]3CO[C@@H](CCO)CN3C2)c1=O. The van der Waals surface area contributed by atoms with E-state index in [0.29, 0.717) is 25.6 Å². The molecule has 3 heterocycles. The first kappa shape index (κ1) is 18.1. The lowest BCUT2D eigenvalue weighted by molar-refractivity contribution is -0.0566. The Labute approximate surface area is 147 Å². The second-order valence-corrected chi connectivity index (χ2v) is 6.92. The third kappa shape index (κ3) is 3.78. The maximum absolute atomic E-state index is 12.6. The maximum atomic E-state index is 12.6. The third-order valence-electron chi connectivity index (χ3n) is 5.23. The molecule has 0 aliphatic carbocycles. The third-order valence-corrected chi connectivity index (χ3v) is 5.23. The highest BCUT2D eigenvalue weighted by Gasteiger charge is 2.37. The summed E-state index contributed by atoms with van der Waals surface area (Å²) in [7, 11) is 0. The van der Waals surface area contributed by atoms with E-state index in [2.05, 4.69) is 10.2 Å². The zero-order valence-corrected chi connectivity index (χ0v) is 14.9. The minimum atomic E-state index is -0.301. The van der Waals surface area contributed by atoms with Gasteiger partial charge in [0.15, 0.2) is 0 Å². The molecule has 2 aliphatic rings. The van der Waals surface area contributed by atoms with Crippen LogP contribution < -0.4 is 10.9 Å². The number of aliphatic hydroxyl groups excluding tert-OH is 1. The van der Waals surface area contributed by atoms with Gasteiger partial charge in [0.1, 0.15) is 5.56 Å². The summed E-state index contributed by atoms with van der Waals surface area (Å²) >= 11 is 0. The van der Waals surface area contributed by atoms with E-state index >= 15 is 0 Å². The largest absolute Gasteiger partial charge is 0.396 e. The van der Waals surface area contributed by atoms with Crippen LogP contribution in [0.4, 0.5) is 0 Å². The number of pyridine rings is 1. The predicted octanol–water partition coefficient (Wildman–Crippen LogP) is 0.131. The summed E-state index contributed by atoms with van der Waals surface area (Å²) < 4.78 is 7.38. The van der Waals surface area contributed by atoms with Gasteiger partial charge in [-0.05, 0) is 38.8 Å². The van der Waals surface area contributed by atoms with E-state index in [1.807, 2.05) is 19.9 Å². The molecule has 2 fully saturated rings. The molecule has 1 amide bonds. The number of nitrogens with zero attached hydrogens (tertiary/aromatic N) is 2. The van der Waals surface area contributed by atoms with Crippen molar-refractivity contribution in [3.63, 3.8) is 0 Å². The van der Waals surface area contributed by atoms with E-state index in [-0.39, 0.29) is 35.8 Å². The second kappa shape index (κ2) is 7.68. The smallest absolute Gasteiger partial charge is 0.263 e. The Morgan fingerprint density at radius 1 is 1.40 bits per heavy atom. The Kier molecular flexibility index (Phi) is 5.56. The summed E-state index contributed by atoms with van der Waals surface area (Å²) in [4.78, 5) is 27.3. The van der Waals surface area contributed by atoms with Crippen LogP contribution in [0.1, 0.15) is 35.8 Å². The topological polar surface area (TPSA) is 83.8 Å². The number of aliphatic hydroxyl groups is 1. The lowest BCUT2D eigenvalue weighted by Gasteiger charge is -2.34. The number of carbonyl (C=O) groups excluding carboxylic acids is 1. The molecule has 0 aromatic carbocycles. The first-order chi connectivity index (χ1) is 12.0. The van der Waals surface area contributed by atoms with Crippen molar-refractivity contribution in [2.75, 3.05) is 26.3 Å². The van der Waals surface area contributed by atoms with E-state index in [9.17, 15) is 9.59 Å². The van der Waals surface area contributed by atoms with E-state index < -0.39 is 0 Å². The highest BCUT2D eigenvalue weighted by molar-refractivity contribution is 5.94. The zero-order valence-electron chi connectivity index (χ0n) is 14.9. The van der Waals surface area contributed by atoms with Gasteiger partial charge in [-0.25, -0.2) is 0 Å². The molecule has 7 heteroatoms. The van der Waals surface area contributed by atoms with Crippen LogP contribution in [-0.4, -0.2) is 65.0 Å². The number of hydrogen-bond donors (Lipinski definition) is 2. The number of aromatic nitrogens is 1. The average molecular weight is 349 g/mol. The van der Waals surface area contributed by atoms with Gasteiger partial charge in [-0.3, -0.25) is 14.5 Å². The number of carbonyl (C=O) groups is 1. The van der Waals surface area contributed by atoms with Crippen LogP contribution in [0.25, 0.3) is 0 Å². The van der Waals surface area contributed by atoms with Crippen LogP contribution in [0, 0.1) is 6.92 Å². The van der Waals surface area contributed by atoms with Crippen LogP contribution in [0.3, 0.4) is 0 Å². The van der Waals surface area contributed by atoms with Gasteiger partial charge in [-0.1, -0.05) is 0 Å². The zero-order chi connectivity index (χ0) is 18.0. The molecule has 138 valence electrons. The summed E-state index contributed by atoms with van der Waals surface area (Å²) in [5, 5.41) is 12.1. The van der Waals surface area contributed by atoms with Crippen molar-refractivity contribution in [3.8, 4) is 0 Å². The van der Waals surface area contributed by atoms with Gasteiger partial charge >= 0.3 is 0 Å². The molecule has 2 saturated heterocycles. The molecule has 1 aromatic heterocycles. The van der Waals surface area contributed by atoms with Gasteiger partial charge in [0.05, 0.1) is 12.7 Å². The van der Waals surface area contributed by atoms with Gasteiger partial charge < -0.3 is 19.7 Å². The Balaban J connectivity index is 1.64. The summed E-state index contributed by atoms with van der Waals surface area (Å²) in [6.45, 7) is 6.61. The molecule has 2 N–H and O–H groups in total. The van der Waals surface area contributed by atoms with Crippen molar-refractivity contribution in [2.24, 2.45) is 0 Å². The molecule has 3 rings (SSSR count). The molecule has 0 bridgehead atoms. The summed E-state index contributed by atoms with van der Waals surface area (Å²) in [6.07, 6.45) is 1.52. The fourth-order valence-corrected chi connectivity index (χ4v) is 3.87. The highest BCUT2D eigenvalue weighted by Crippen LogP contribution is 2.24. The summed E-state index contributed by atoms with van der Waals surface area (Å²) in [6, 6.07) is 3.74. The number of rotatable bonds is 5. The summed E-state index contributed by atoms with van der Waals surface area (Å²) in [5.41, 5.74) is 0.822. The molecule has 3 atom stereocenters. The van der Waals surface area contributed by atoms with Crippen molar-refractivity contribution >= 4 is 5.91 Å². The second-order valence-electron chi connectivity index (χ2n) is 6.92. The van der Waals surface area contributed by atoms with Gasteiger partial charge in [0.25, 0.3) is 11.5 Å². The monoisotopic (exact) mass is 349 g/mol. The van der Waals surface area contributed by atoms with Gasteiger partial charge in [-0.15, -0.1) is 0 Å². The average Bonchev–Trinajstić information content (AvgIpc) is 2.97. The number of nitrogens with one attached hydrogen (secondary N) is 1. The fraction of sp³-hybridized carbons (Fsp3) is 0.667. The standard InChI is InChI=1S/C18H27N3O4/c1-3-21-12(2)4-5-16(18(21)24)17(23)19-13-8-14-11-25-15(6-7-22)10-20(14)9-13/h4-5,13-15,22H,3,6-11H2,1-2H3,(H,19,23)/t13-,14-,15-/m0/s1. The van der Waals surface area contributed by atoms with Crippen LogP contribution in [0.2, 0.25) is 0 Å². The Morgan fingerprint density at radius 2 is 2.20 bits per heavy atom. The Morgan fingerprint density at radius 3 is 2.92 bits per heavy atom. The van der Waals surface area contributed by atoms with E-state index in [1.54, 1.807) is 10.6 Å². The highest BCUT2D eigenvalue weighted by atomic mass is 16.5. The van der Waals surface area contributed by atoms with Crippen LogP contribution in [-0.2, 0) is 11.3 Å². The Hall–Kier alpha value is -1.70. The number of morpholine rings is 1. The van der Waals surface area contributed by atoms with Crippen molar-refractivity contribution in [1.82, 2.24) is 14.8 Å². The molecular weight excluding hydrogens is 322 g/mol. The minimum Gasteiger partial charge on any atom is -0.396 e. The minimum absolute atomic E-state index is 0.0183. The maximum Gasteiger partial charge on any atom is 0.263 e. The normalized spacial score (nSPS) is 26.4. The summed E-state index contributed by atoms with van der Waals surface area (Å²) in [5.74, 6) is -0.301. The van der Waals surface area contributed by atoms with Gasteiger partial charge in [-0.2, -0.15) is 0 Å². The van der Waals surface area contributed by atoms with Gasteiger partial charge in [0, 0.05) is 44.0 Å². The molecule has 0 radical (unpaired) electrons. The van der Waals surface area contributed by atoms with Crippen molar-refractivity contribution in [3.05, 3.63) is 33.7 Å². The molecule has 1 aromatic rings. The molecular formula is C18H27N3O4. The number of hydrogen-bond acceptors (Lipinski definition) is 5. The van der Waals surface area contributed by atoms with Crippen molar-refractivity contribution in [1.29, 1.82) is 0 Å². The van der Waals surface area contributed by atoms with Crippen molar-refractivity contribution in [2.45, 2.75) is 51.4 Å². The van der Waals surface area contributed by atoms with E-state index in [0.717, 1.165) is 25.2 Å². The molecule has 25 heavy (non-hydrogen) atoms. The Bertz CT molecular complexity index is 687. The van der Waals surface area contributed by atoms with E-state index in [1.165, 1.54) is 0 Å². The lowest BCUT2D eigenvalue weighted by atomic mass is 10.1.